The SMILES string of the molecule is CC1CC2C3C[C@@H](C)C4(OCOC45COCO5)[C@@]3(C)CC(=O)[C@@H]2[C@@]2(C)CCC(=O)C=C12. The summed E-state index contributed by atoms with van der Waals surface area (Å²) in [4.78, 5) is 26.2. The van der Waals surface area contributed by atoms with Gasteiger partial charge in [-0.1, -0.05) is 33.3 Å². The zero-order valence-corrected chi connectivity index (χ0v) is 19.1. The van der Waals surface area contributed by atoms with Crippen molar-refractivity contribution >= 4 is 11.6 Å². The molecule has 6 rings (SSSR count). The first-order chi connectivity index (χ1) is 14.7. The maximum atomic E-state index is 14.0. The summed E-state index contributed by atoms with van der Waals surface area (Å²) in [5.74, 6) is 0.781. The van der Waals surface area contributed by atoms with Crippen LogP contribution in [0.1, 0.15) is 59.8 Å². The number of ether oxygens (including phenoxy) is 4. The Morgan fingerprint density at radius 2 is 1.81 bits per heavy atom. The lowest BCUT2D eigenvalue weighted by Crippen LogP contribution is -2.67. The van der Waals surface area contributed by atoms with Crippen LogP contribution < -0.4 is 0 Å². The van der Waals surface area contributed by atoms with E-state index in [4.69, 9.17) is 18.9 Å². The normalized spacial score (nSPS) is 56.0. The van der Waals surface area contributed by atoms with Gasteiger partial charge in [0.25, 0.3) is 0 Å². The Labute approximate surface area is 184 Å². The largest absolute Gasteiger partial charge is 0.350 e. The zero-order valence-electron chi connectivity index (χ0n) is 19.1. The van der Waals surface area contributed by atoms with Gasteiger partial charge in [0.1, 0.15) is 18.0 Å². The van der Waals surface area contributed by atoms with E-state index in [0.29, 0.717) is 43.0 Å². The number of fused-ring (bicyclic) bond motifs is 7. The molecule has 2 aliphatic heterocycles. The van der Waals surface area contributed by atoms with E-state index in [1.807, 2.05) is 6.08 Å². The molecule has 2 spiro atoms. The van der Waals surface area contributed by atoms with E-state index >= 15 is 0 Å². The van der Waals surface area contributed by atoms with E-state index in [0.717, 1.165) is 19.3 Å². The third kappa shape index (κ3) is 2.23. The Bertz CT molecular complexity index is 868. The number of allylic oxidation sites excluding steroid dienone is 1. The number of carbonyl (C=O) groups is 2. The summed E-state index contributed by atoms with van der Waals surface area (Å²) in [6.45, 7) is 9.71. The van der Waals surface area contributed by atoms with Crippen molar-refractivity contribution < 1.29 is 28.5 Å². The fraction of sp³-hybridized carbons (Fsp3) is 0.840. The average Bonchev–Trinajstić information content (AvgIpc) is 3.39. The van der Waals surface area contributed by atoms with Crippen LogP contribution in [0.2, 0.25) is 0 Å². The van der Waals surface area contributed by atoms with Gasteiger partial charge in [-0.15, -0.1) is 0 Å². The van der Waals surface area contributed by atoms with Crippen LogP contribution >= 0.6 is 0 Å². The second kappa shape index (κ2) is 6.28. The maximum Gasteiger partial charge on any atom is 0.227 e. The molecule has 0 N–H and O–H groups in total. The Balaban J connectivity index is 1.46. The van der Waals surface area contributed by atoms with E-state index in [-0.39, 0.29) is 42.0 Å². The highest BCUT2D eigenvalue weighted by Crippen LogP contribution is 2.72. The highest BCUT2D eigenvalue weighted by atomic mass is 16.9. The number of carbonyl (C=O) groups excluding carboxylic acids is 2. The van der Waals surface area contributed by atoms with Crippen LogP contribution in [0, 0.1) is 40.4 Å². The molecule has 6 aliphatic rings. The molecule has 6 heteroatoms. The third-order valence-corrected chi connectivity index (χ3v) is 10.3. The molecule has 2 saturated heterocycles. The van der Waals surface area contributed by atoms with Gasteiger partial charge in [-0.3, -0.25) is 9.59 Å². The number of hydrogen-bond acceptors (Lipinski definition) is 6. The standard InChI is InChI=1S/C25H34O6/c1-14-7-17-19-8-15(2)25(24(30-13-31-25)11-28-12-29-24)23(19,4)10-20(27)21(17)22(3)6-5-16(26)9-18(14)22/h9,14-15,17,19,21H,5-8,10-13H2,1-4H3/t14?,15-,17?,19?,21-,22+,23+,24?,25?/m1/s1. The molecule has 9 atom stereocenters. The van der Waals surface area contributed by atoms with Crippen molar-refractivity contribution in [2.45, 2.75) is 71.2 Å². The molecule has 3 saturated carbocycles. The van der Waals surface area contributed by atoms with Crippen LogP contribution in [0.5, 0.6) is 0 Å². The van der Waals surface area contributed by atoms with Crippen LogP contribution in [-0.2, 0) is 28.5 Å². The van der Waals surface area contributed by atoms with Crippen LogP contribution in [0.15, 0.2) is 11.6 Å². The fourth-order valence-corrected chi connectivity index (χ4v) is 9.34. The molecule has 0 bridgehead atoms. The van der Waals surface area contributed by atoms with E-state index in [1.165, 1.54) is 5.57 Å². The molecule has 170 valence electrons. The lowest BCUT2D eigenvalue weighted by atomic mass is 9.44. The molecule has 0 amide bonds. The second-order valence-electron chi connectivity index (χ2n) is 11.6. The molecule has 4 aliphatic carbocycles. The summed E-state index contributed by atoms with van der Waals surface area (Å²) in [6, 6.07) is 0. The minimum atomic E-state index is -0.921. The molecule has 5 fully saturated rings. The molecule has 0 aromatic heterocycles. The van der Waals surface area contributed by atoms with Gasteiger partial charge in [0.15, 0.2) is 19.4 Å². The highest BCUT2D eigenvalue weighted by molar-refractivity contribution is 5.93. The van der Waals surface area contributed by atoms with Crippen molar-refractivity contribution in [1.29, 1.82) is 0 Å². The molecule has 0 aromatic rings. The maximum absolute atomic E-state index is 14.0. The summed E-state index contributed by atoms with van der Waals surface area (Å²) < 4.78 is 24.3. The van der Waals surface area contributed by atoms with Gasteiger partial charge in [0.05, 0.1) is 0 Å². The number of rotatable bonds is 0. The van der Waals surface area contributed by atoms with E-state index in [2.05, 4.69) is 27.7 Å². The summed E-state index contributed by atoms with van der Waals surface area (Å²) in [7, 11) is 0. The van der Waals surface area contributed by atoms with Crippen LogP contribution in [0.3, 0.4) is 0 Å². The van der Waals surface area contributed by atoms with E-state index in [9.17, 15) is 9.59 Å². The van der Waals surface area contributed by atoms with Gasteiger partial charge in [-0.2, -0.15) is 0 Å². The van der Waals surface area contributed by atoms with E-state index in [1.54, 1.807) is 0 Å². The number of ketones is 2. The first-order valence-corrected chi connectivity index (χ1v) is 12.0. The van der Waals surface area contributed by atoms with Gasteiger partial charge in [-0.25, -0.2) is 0 Å². The van der Waals surface area contributed by atoms with Gasteiger partial charge in [0, 0.05) is 24.2 Å². The smallest absolute Gasteiger partial charge is 0.227 e. The Hall–Kier alpha value is -1.08. The summed E-state index contributed by atoms with van der Waals surface area (Å²) in [5, 5.41) is 0. The molecular formula is C25H34O6. The van der Waals surface area contributed by atoms with Crippen molar-refractivity contribution in [3.8, 4) is 0 Å². The summed E-state index contributed by atoms with van der Waals surface area (Å²) in [6.07, 6.45) is 5.65. The third-order valence-electron chi connectivity index (χ3n) is 10.3. The minimum Gasteiger partial charge on any atom is -0.350 e. The molecule has 0 aromatic carbocycles. The van der Waals surface area contributed by atoms with Crippen molar-refractivity contribution in [2.75, 3.05) is 20.2 Å². The van der Waals surface area contributed by atoms with Crippen molar-refractivity contribution in [1.82, 2.24) is 0 Å². The van der Waals surface area contributed by atoms with Gasteiger partial charge in [0.2, 0.25) is 5.79 Å². The molecule has 5 unspecified atom stereocenters. The molecule has 2 heterocycles. The first-order valence-electron chi connectivity index (χ1n) is 12.0. The molecule has 0 radical (unpaired) electrons. The Morgan fingerprint density at radius 1 is 1.03 bits per heavy atom. The van der Waals surface area contributed by atoms with Gasteiger partial charge < -0.3 is 18.9 Å². The highest BCUT2D eigenvalue weighted by Gasteiger charge is 2.79. The van der Waals surface area contributed by atoms with Gasteiger partial charge >= 0.3 is 0 Å². The predicted octanol–water partition coefficient (Wildman–Crippen LogP) is 3.63. The Morgan fingerprint density at radius 3 is 2.55 bits per heavy atom. The second-order valence-corrected chi connectivity index (χ2v) is 11.6. The molecule has 6 nitrogen and oxygen atoms in total. The lowest BCUT2D eigenvalue weighted by molar-refractivity contribution is -0.256. The van der Waals surface area contributed by atoms with Crippen LogP contribution in [0.25, 0.3) is 0 Å². The first kappa shape index (κ1) is 20.5. The van der Waals surface area contributed by atoms with Crippen molar-refractivity contribution in [3.05, 3.63) is 11.6 Å². The van der Waals surface area contributed by atoms with Gasteiger partial charge in [-0.05, 0) is 54.4 Å². The Kier molecular flexibility index (Phi) is 4.16. The van der Waals surface area contributed by atoms with Crippen LogP contribution in [0.4, 0.5) is 0 Å². The van der Waals surface area contributed by atoms with Crippen LogP contribution in [-0.4, -0.2) is 43.1 Å². The number of Topliss-reactive ketones (excluding diaryl/α,β-unsaturated/α-hetero) is 1. The fourth-order valence-electron chi connectivity index (χ4n) is 9.34. The monoisotopic (exact) mass is 430 g/mol. The molecular weight excluding hydrogens is 396 g/mol. The summed E-state index contributed by atoms with van der Waals surface area (Å²) in [5.41, 5.74) is -0.0285. The minimum absolute atomic E-state index is 0.0116. The predicted molar refractivity (Wildman–Crippen MR) is 111 cm³/mol. The summed E-state index contributed by atoms with van der Waals surface area (Å²) >= 11 is 0. The quantitative estimate of drug-likeness (QED) is 0.584. The van der Waals surface area contributed by atoms with Crippen molar-refractivity contribution in [3.63, 3.8) is 0 Å². The average molecular weight is 431 g/mol. The van der Waals surface area contributed by atoms with E-state index < -0.39 is 11.4 Å². The molecule has 31 heavy (non-hydrogen) atoms. The number of hydrogen-bond donors (Lipinski definition) is 0. The van der Waals surface area contributed by atoms with Crippen molar-refractivity contribution in [2.24, 2.45) is 40.4 Å². The zero-order chi connectivity index (χ0) is 21.8. The topological polar surface area (TPSA) is 71.1 Å². The lowest BCUT2D eigenvalue weighted by Gasteiger charge is -2.60.